The SMILES string of the molecule is CC/C=C\C/C=C\C/C=C\C/C=C\C/C=C\CCCCCCCCCCCCCCCCCC(=O)OCC(COC(=O)CCCCCCCCCC)OC(=O)CCCCCCCCCCCCC. The Morgan fingerprint density at radius 2 is 0.574 bits per heavy atom. The number of ether oxygens (including phenoxy) is 3. The molecule has 0 saturated heterocycles. The van der Waals surface area contributed by atoms with Crippen molar-refractivity contribution in [2.75, 3.05) is 13.2 Å². The zero-order valence-corrected chi connectivity index (χ0v) is 45.1. The molecule has 0 saturated carbocycles. The predicted molar refractivity (Wildman–Crippen MR) is 293 cm³/mol. The van der Waals surface area contributed by atoms with Crippen LogP contribution in [0, 0.1) is 0 Å². The molecule has 0 aliphatic carbocycles. The molecule has 6 nitrogen and oxygen atoms in total. The highest BCUT2D eigenvalue weighted by Gasteiger charge is 2.19. The van der Waals surface area contributed by atoms with Crippen molar-refractivity contribution in [3.63, 3.8) is 0 Å². The van der Waals surface area contributed by atoms with E-state index in [1.165, 1.54) is 167 Å². The molecule has 1 unspecified atom stereocenters. The lowest BCUT2D eigenvalue weighted by molar-refractivity contribution is -0.167. The molecule has 0 aliphatic rings. The Balaban J connectivity index is 4.01. The van der Waals surface area contributed by atoms with Crippen LogP contribution in [-0.4, -0.2) is 37.2 Å². The van der Waals surface area contributed by atoms with Gasteiger partial charge < -0.3 is 14.2 Å². The topological polar surface area (TPSA) is 78.9 Å². The summed E-state index contributed by atoms with van der Waals surface area (Å²) in [5.74, 6) is -0.863. The first kappa shape index (κ1) is 65.1. The molecule has 0 N–H and O–H groups in total. The maximum Gasteiger partial charge on any atom is 0.306 e. The first-order valence-electron chi connectivity index (χ1n) is 29.3. The average molecular weight is 952 g/mol. The Morgan fingerprint density at radius 1 is 0.309 bits per heavy atom. The Bertz CT molecular complexity index is 1230. The number of carbonyl (C=O) groups is 3. The number of hydrogen-bond acceptors (Lipinski definition) is 6. The molecule has 0 aromatic carbocycles. The van der Waals surface area contributed by atoms with Gasteiger partial charge >= 0.3 is 17.9 Å². The molecule has 0 radical (unpaired) electrons. The summed E-state index contributed by atoms with van der Waals surface area (Å²) < 4.78 is 16.8. The molecule has 68 heavy (non-hydrogen) atoms. The lowest BCUT2D eigenvalue weighted by atomic mass is 10.0. The summed E-state index contributed by atoms with van der Waals surface area (Å²) in [6, 6.07) is 0. The average Bonchev–Trinajstić information content (AvgIpc) is 3.34. The monoisotopic (exact) mass is 951 g/mol. The summed E-state index contributed by atoms with van der Waals surface area (Å²) in [6.07, 6.45) is 71.0. The van der Waals surface area contributed by atoms with Crippen molar-refractivity contribution in [3.8, 4) is 0 Å². The van der Waals surface area contributed by atoms with Crippen molar-refractivity contribution in [3.05, 3.63) is 60.8 Å². The van der Waals surface area contributed by atoms with Crippen LogP contribution < -0.4 is 0 Å². The highest BCUT2D eigenvalue weighted by atomic mass is 16.6. The van der Waals surface area contributed by atoms with Gasteiger partial charge in [0.25, 0.3) is 0 Å². The lowest BCUT2D eigenvalue weighted by Gasteiger charge is -2.18. The minimum absolute atomic E-state index is 0.0689. The molecule has 0 bridgehead atoms. The first-order valence-corrected chi connectivity index (χ1v) is 29.3. The zero-order chi connectivity index (χ0) is 49.3. The standard InChI is InChI=1S/C62H110O6/c1-4-7-10-13-16-19-21-22-23-24-25-26-27-28-29-30-31-32-33-34-35-36-37-38-39-40-42-43-46-49-52-55-61(64)67-58-59(57-66-60(63)54-51-48-45-18-15-12-9-6-3)68-62(65)56-53-50-47-44-41-20-17-14-11-8-5-2/h7,10,16,19,22-23,25-26,28-29,59H,4-6,8-9,11-15,17-18,20-21,24,27,30-58H2,1-3H3/b10-7-,19-16-,23-22-,26-25-,29-28-. The number of hydrogen-bond donors (Lipinski definition) is 0. The summed E-state index contributed by atoms with van der Waals surface area (Å²) in [7, 11) is 0. The summed E-state index contributed by atoms with van der Waals surface area (Å²) in [4.78, 5) is 37.9. The number of carbonyl (C=O) groups excluding carboxylic acids is 3. The van der Waals surface area contributed by atoms with E-state index in [1.807, 2.05) is 0 Å². The van der Waals surface area contributed by atoms with Crippen molar-refractivity contribution in [2.45, 2.75) is 303 Å². The minimum Gasteiger partial charge on any atom is -0.462 e. The van der Waals surface area contributed by atoms with Gasteiger partial charge in [0.2, 0.25) is 0 Å². The molecular formula is C62H110O6. The van der Waals surface area contributed by atoms with Crippen molar-refractivity contribution >= 4 is 17.9 Å². The molecule has 0 aromatic heterocycles. The number of allylic oxidation sites excluding steroid dienone is 10. The van der Waals surface area contributed by atoms with Crippen molar-refractivity contribution in [1.29, 1.82) is 0 Å². The molecule has 0 spiro atoms. The van der Waals surface area contributed by atoms with E-state index in [1.54, 1.807) is 0 Å². The largest absolute Gasteiger partial charge is 0.462 e. The fourth-order valence-electron chi connectivity index (χ4n) is 8.41. The third kappa shape index (κ3) is 54.1. The third-order valence-electron chi connectivity index (χ3n) is 12.8. The fourth-order valence-corrected chi connectivity index (χ4v) is 8.41. The molecule has 0 fully saturated rings. The highest BCUT2D eigenvalue weighted by molar-refractivity contribution is 5.71. The van der Waals surface area contributed by atoms with Crippen LogP contribution in [0.3, 0.4) is 0 Å². The second-order valence-corrected chi connectivity index (χ2v) is 19.5. The maximum absolute atomic E-state index is 12.8. The minimum atomic E-state index is -0.766. The number of unbranched alkanes of at least 4 members (excludes halogenated alkanes) is 32. The van der Waals surface area contributed by atoms with Crippen LogP contribution in [0.1, 0.15) is 297 Å². The molecule has 394 valence electrons. The van der Waals surface area contributed by atoms with Gasteiger partial charge in [0, 0.05) is 19.3 Å². The predicted octanol–water partition coefficient (Wildman–Crippen LogP) is 19.6. The number of rotatable bonds is 53. The summed E-state index contributed by atoms with van der Waals surface area (Å²) >= 11 is 0. The normalized spacial score (nSPS) is 12.5. The van der Waals surface area contributed by atoms with Crippen LogP contribution in [0.25, 0.3) is 0 Å². The van der Waals surface area contributed by atoms with Gasteiger partial charge in [-0.25, -0.2) is 0 Å². The van der Waals surface area contributed by atoms with Crippen LogP contribution in [0.2, 0.25) is 0 Å². The van der Waals surface area contributed by atoms with Gasteiger partial charge in [-0.05, 0) is 64.2 Å². The van der Waals surface area contributed by atoms with Gasteiger partial charge in [-0.2, -0.15) is 0 Å². The van der Waals surface area contributed by atoms with Crippen LogP contribution >= 0.6 is 0 Å². The van der Waals surface area contributed by atoms with E-state index in [4.69, 9.17) is 14.2 Å². The summed E-state index contributed by atoms with van der Waals surface area (Å²) in [5, 5.41) is 0. The van der Waals surface area contributed by atoms with Crippen molar-refractivity contribution in [2.24, 2.45) is 0 Å². The van der Waals surface area contributed by atoms with Crippen molar-refractivity contribution < 1.29 is 28.6 Å². The molecule has 0 aliphatic heterocycles. The highest BCUT2D eigenvalue weighted by Crippen LogP contribution is 2.16. The maximum atomic E-state index is 12.8. The number of esters is 3. The van der Waals surface area contributed by atoms with Gasteiger partial charge in [0.15, 0.2) is 6.10 Å². The van der Waals surface area contributed by atoms with E-state index in [-0.39, 0.29) is 31.1 Å². The van der Waals surface area contributed by atoms with E-state index in [0.717, 1.165) is 89.9 Å². The Kier molecular flexibility index (Phi) is 54.3. The van der Waals surface area contributed by atoms with Crippen LogP contribution in [0.4, 0.5) is 0 Å². The van der Waals surface area contributed by atoms with Crippen LogP contribution in [0.5, 0.6) is 0 Å². The van der Waals surface area contributed by atoms with E-state index < -0.39 is 6.10 Å². The van der Waals surface area contributed by atoms with E-state index >= 15 is 0 Å². The molecule has 0 rings (SSSR count). The Morgan fingerprint density at radius 3 is 0.897 bits per heavy atom. The van der Waals surface area contributed by atoms with E-state index in [9.17, 15) is 14.4 Å². The molecule has 0 aromatic rings. The lowest BCUT2D eigenvalue weighted by Crippen LogP contribution is -2.30. The molecule has 6 heteroatoms. The van der Waals surface area contributed by atoms with Crippen molar-refractivity contribution in [1.82, 2.24) is 0 Å². The summed E-state index contributed by atoms with van der Waals surface area (Å²) in [5.41, 5.74) is 0. The second-order valence-electron chi connectivity index (χ2n) is 19.5. The second kappa shape index (κ2) is 56.7. The fraction of sp³-hybridized carbons (Fsp3) is 0.790. The third-order valence-corrected chi connectivity index (χ3v) is 12.8. The van der Waals surface area contributed by atoms with Gasteiger partial charge in [-0.1, -0.05) is 274 Å². The van der Waals surface area contributed by atoms with Gasteiger partial charge in [-0.15, -0.1) is 0 Å². The summed E-state index contributed by atoms with van der Waals surface area (Å²) in [6.45, 7) is 6.51. The van der Waals surface area contributed by atoms with Gasteiger partial charge in [-0.3, -0.25) is 14.4 Å². The van der Waals surface area contributed by atoms with Crippen LogP contribution in [0.15, 0.2) is 60.8 Å². The van der Waals surface area contributed by atoms with E-state index in [0.29, 0.717) is 19.3 Å². The van der Waals surface area contributed by atoms with Gasteiger partial charge in [0.1, 0.15) is 13.2 Å². The first-order chi connectivity index (χ1) is 33.5. The van der Waals surface area contributed by atoms with Gasteiger partial charge in [0.05, 0.1) is 0 Å². The zero-order valence-electron chi connectivity index (χ0n) is 45.1. The quantitative estimate of drug-likeness (QED) is 0.0262. The Hall–Kier alpha value is -2.89. The van der Waals surface area contributed by atoms with E-state index in [2.05, 4.69) is 81.5 Å². The molecule has 1 atom stereocenters. The van der Waals surface area contributed by atoms with Crippen LogP contribution in [-0.2, 0) is 28.6 Å². The Labute approximate surface area is 421 Å². The smallest absolute Gasteiger partial charge is 0.306 e. The molecule has 0 heterocycles. The molecule has 0 amide bonds. The molecular weight excluding hydrogens is 841 g/mol.